The normalized spacial score (nSPS) is 20.8. The molecule has 2 saturated heterocycles. The third-order valence-electron chi connectivity index (χ3n) is 5.96. The maximum absolute atomic E-state index is 13.0. The minimum atomic E-state index is -3.27. The van der Waals surface area contributed by atoms with Gasteiger partial charge >= 0.3 is 0 Å². The van der Waals surface area contributed by atoms with Crippen molar-refractivity contribution in [3.05, 3.63) is 12.1 Å². The molecule has 31 heavy (non-hydrogen) atoms. The van der Waals surface area contributed by atoms with Gasteiger partial charge in [-0.2, -0.15) is 0 Å². The zero-order valence-corrected chi connectivity index (χ0v) is 19.7. The van der Waals surface area contributed by atoms with E-state index in [2.05, 4.69) is 4.90 Å². The Morgan fingerprint density at radius 3 is 2.42 bits per heavy atom. The molecule has 0 saturated carbocycles. The number of sulfonamides is 1. The molecular formula is C20H28N4O5S2. The van der Waals surface area contributed by atoms with E-state index in [-0.39, 0.29) is 18.4 Å². The molecule has 170 valence electrons. The summed E-state index contributed by atoms with van der Waals surface area (Å²) in [5.41, 5.74) is 0.781. The molecule has 11 heteroatoms. The number of hydrogen-bond donors (Lipinski definition) is 0. The molecule has 2 aliphatic heterocycles. The van der Waals surface area contributed by atoms with Crippen LogP contribution >= 0.6 is 11.3 Å². The van der Waals surface area contributed by atoms with Crippen molar-refractivity contribution in [1.29, 1.82) is 0 Å². The van der Waals surface area contributed by atoms with E-state index in [9.17, 15) is 13.2 Å². The number of hydrogen-bond acceptors (Lipinski definition) is 8. The van der Waals surface area contributed by atoms with Crippen LogP contribution in [-0.4, -0.2) is 88.3 Å². The van der Waals surface area contributed by atoms with Crippen LogP contribution in [0.1, 0.15) is 12.8 Å². The Morgan fingerprint density at radius 2 is 1.77 bits per heavy atom. The van der Waals surface area contributed by atoms with Crippen LogP contribution < -0.4 is 14.4 Å². The fourth-order valence-electron chi connectivity index (χ4n) is 4.23. The Hall–Kier alpha value is -2.11. The molecule has 1 amide bonds. The van der Waals surface area contributed by atoms with Crippen LogP contribution in [0.15, 0.2) is 12.1 Å². The number of nitrogens with zero attached hydrogens (tertiary/aromatic N) is 4. The van der Waals surface area contributed by atoms with Crippen LogP contribution in [0, 0.1) is 5.92 Å². The standard InChI is InChI=1S/C20H28N4O5S2/c1-28-15-6-7-16(29-2)18-17(15)21-20(30-18)23-11-9-22(10-12-23)19(25)14-5-4-8-24(13-14)31(3,26)27/h6-7,14H,4-5,8-13H2,1-3H3. The van der Waals surface area contributed by atoms with Gasteiger partial charge in [0.2, 0.25) is 15.9 Å². The quantitative estimate of drug-likeness (QED) is 0.659. The average molecular weight is 469 g/mol. The molecule has 0 aliphatic carbocycles. The molecule has 3 heterocycles. The number of amides is 1. The van der Waals surface area contributed by atoms with Gasteiger partial charge in [0.1, 0.15) is 21.7 Å². The SMILES string of the molecule is COc1ccc(OC)c2sc(N3CCN(C(=O)C4CCCN(S(C)(=O)=O)C4)CC3)nc12. The van der Waals surface area contributed by atoms with Crippen LogP contribution in [0.25, 0.3) is 10.2 Å². The van der Waals surface area contributed by atoms with E-state index in [4.69, 9.17) is 14.5 Å². The van der Waals surface area contributed by atoms with Gasteiger partial charge in [0, 0.05) is 39.3 Å². The largest absolute Gasteiger partial charge is 0.495 e. The minimum Gasteiger partial charge on any atom is -0.495 e. The van der Waals surface area contributed by atoms with Crippen molar-refractivity contribution in [2.75, 3.05) is 64.6 Å². The van der Waals surface area contributed by atoms with Crippen molar-refractivity contribution < 1.29 is 22.7 Å². The number of thiazole rings is 1. The second-order valence-corrected chi connectivity index (χ2v) is 10.9. The zero-order valence-electron chi connectivity index (χ0n) is 18.0. The molecule has 1 aromatic carbocycles. The summed E-state index contributed by atoms with van der Waals surface area (Å²) < 4.78 is 37.0. The van der Waals surface area contributed by atoms with Crippen molar-refractivity contribution in [3.8, 4) is 11.5 Å². The van der Waals surface area contributed by atoms with E-state index < -0.39 is 10.0 Å². The molecule has 0 bridgehead atoms. The van der Waals surface area contributed by atoms with Crippen LogP contribution in [0.4, 0.5) is 5.13 Å². The molecule has 9 nitrogen and oxygen atoms in total. The van der Waals surface area contributed by atoms with Crippen molar-refractivity contribution >= 4 is 42.6 Å². The van der Waals surface area contributed by atoms with Gasteiger partial charge in [0.15, 0.2) is 5.13 Å². The van der Waals surface area contributed by atoms with Crippen molar-refractivity contribution in [2.45, 2.75) is 12.8 Å². The number of rotatable bonds is 5. The van der Waals surface area contributed by atoms with Gasteiger partial charge in [-0.1, -0.05) is 11.3 Å². The highest BCUT2D eigenvalue weighted by atomic mass is 32.2. The van der Waals surface area contributed by atoms with E-state index >= 15 is 0 Å². The number of piperazine rings is 1. The molecular weight excluding hydrogens is 440 g/mol. The van der Waals surface area contributed by atoms with Gasteiger partial charge in [-0.05, 0) is 25.0 Å². The number of ether oxygens (including phenoxy) is 2. The molecule has 1 unspecified atom stereocenters. The Kier molecular flexibility index (Phi) is 6.27. The predicted octanol–water partition coefficient (Wildman–Crippen LogP) is 1.63. The summed E-state index contributed by atoms with van der Waals surface area (Å²) in [4.78, 5) is 21.8. The fraction of sp³-hybridized carbons (Fsp3) is 0.600. The number of carbonyl (C=O) groups excluding carboxylic acids is 1. The second kappa shape index (κ2) is 8.79. The highest BCUT2D eigenvalue weighted by Crippen LogP contribution is 2.40. The third kappa shape index (κ3) is 4.44. The predicted molar refractivity (Wildman–Crippen MR) is 121 cm³/mol. The summed E-state index contributed by atoms with van der Waals surface area (Å²) in [6.07, 6.45) is 2.67. The summed E-state index contributed by atoms with van der Waals surface area (Å²) in [6, 6.07) is 3.73. The van der Waals surface area contributed by atoms with Crippen LogP contribution in [-0.2, 0) is 14.8 Å². The number of benzene rings is 1. The Balaban J connectivity index is 1.43. The monoisotopic (exact) mass is 468 g/mol. The van der Waals surface area contributed by atoms with Crippen LogP contribution in [0.2, 0.25) is 0 Å². The molecule has 0 spiro atoms. The molecule has 1 aromatic heterocycles. The lowest BCUT2D eigenvalue weighted by atomic mass is 9.98. The Labute approximate surface area is 186 Å². The first-order valence-electron chi connectivity index (χ1n) is 10.3. The number of methoxy groups -OCH3 is 2. The number of fused-ring (bicyclic) bond motifs is 1. The number of carbonyl (C=O) groups is 1. The summed E-state index contributed by atoms with van der Waals surface area (Å²) in [5, 5.41) is 0.880. The number of anilines is 1. The molecule has 2 fully saturated rings. The van der Waals surface area contributed by atoms with Crippen LogP contribution in [0.3, 0.4) is 0 Å². The van der Waals surface area contributed by atoms with Gasteiger partial charge in [-0.3, -0.25) is 4.79 Å². The Morgan fingerprint density at radius 1 is 1.10 bits per heavy atom. The Bertz CT molecular complexity index is 1020. The topological polar surface area (TPSA) is 92.3 Å². The van der Waals surface area contributed by atoms with E-state index in [1.54, 1.807) is 25.6 Å². The number of piperidine rings is 1. The zero-order chi connectivity index (χ0) is 22.2. The van der Waals surface area contributed by atoms with Gasteiger partial charge in [0.05, 0.1) is 26.4 Å². The summed E-state index contributed by atoms with van der Waals surface area (Å²) >= 11 is 1.56. The van der Waals surface area contributed by atoms with E-state index in [1.165, 1.54) is 10.6 Å². The third-order valence-corrected chi connectivity index (χ3v) is 8.36. The lowest BCUT2D eigenvalue weighted by Crippen LogP contribution is -2.53. The summed E-state index contributed by atoms with van der Waals surface area (Å²) in [5.74, 6) is 1.27. The lowest BCUT2D eigenvalue weighted by molar-refractivity contribution is -0.137. The highest BCUT2D eigenvalue weighted by molar-refractivity contribution is 7.88. The average Bonchev–Trinajstić information content (AvgIpc) is 3.23. The first kappa shape index (κ1) is 22.1. The van der Waals surface area contributed by atoms with E-state index in [0.29, 0.717) is 38.5 Å². The molecule has 0 N–H and O–H groups in total. The summed E-state index contributed by atoms with van der Waals surface area (Å²) in [6.45, 7) is 3.34. The molecule has 1 atom stereocenters. The van der Waals surface area contributed by atoms with Gasteiger partial charge in [-0.15, -0.1) is 0 Å². The molecule has 2 aliphatic rings. The maximum atomic E-state index is 13.0. The maximum Gasteiger partial charge on any atom is 0.227 e. The van der Waals surface area contributed by atoms with Crippen LogP contribution in [0.5, 0.6) is 11.5 Å². The molecule has 4 rings (SSSR count). The summed E-state index contributed by atoms with van der Waals surface area (Å²) in [7, 11) is 0.000642. The molecule has 0 radical (unpaired) electrons. The van der Waals surface area contributed by atoms with Gasteiger partial charge in [0.25, 0.3) is 0 Å². The van der Waals surface area contributed by atoms with Crippen molar-refractivity contribution in [2.24, 2.45) is 5.92 Å². The van der Waals surface area contributed by atoms with E-state index in [1.807, 2.05) is 17.0 Å². The van der Waals surface area contributed by atoms with Gasteiger partial charge < -0.3 is 19.3 Å². The minimum absolute atomic E-state index is 0.0561. The smallest absolute Gasteiger partial charge is 0.227 e. The van der Waals surface area contributed by atoms with Gasteiger partial charge in [-0.25, -0.2) is 17.7 Å². The first-order chi connectivity index (χ1) is 14.8. The van der Waals surface area contributed by atoms with Crippen molar-refractivity contribution in [3.63, 3.8) is 0 Å². The van der Waals surface area contributed by atoms with E-state index in [0.717, 1.165) is 33.9 Å². The second-order valence-electron chi connectivity index (χ2n) is 7.92. The highest BCUT2D eigenvalue weighted by Gasteiger charge is 2.34. The lowest BCUT2D eigenvalue weighted by Gasteiger charge is -2.38. The number of aromatic nitrogens is 1. The first-order valence-corrected chi connectivity index (χ1v) is 13.0. The van der Waals surface area contributed by atoms with Crippen molar-refractivity contribution in [1.82, 2.24) is 14.2 Å². The fourth-order valence-corrected chi connectivity index (χ4v) is 6.27. The molecule has 2 aromatic rings.